The maximum absolute atomic E-state index is 12.6. The molecular formula is C16H24N2O. The summed E-state index contributed by atoms with van der Waals surface area (Å²) in [5.74, 6) is 0.194. The summed E-state index contributed by atoms with van der Waals surface area (Å²) < 4.78 is 0. The number of benzene rings is 1. The molecule has 0 saturated heterocycles. The standard InChI is InChI=1S/C16H24N2O/c1-12-6-5-7-13(10-12)11-18(14-8-9-14)15(19)16(2,3)17-4/h5-7,10,14,17H,8-9,11H2,1-4H3. The number of nitrogens with one attached hydrogen (secondary N) is 1. The number of aryl methyl sites for hydroxylation is 1. The van der Waals surface area contributed by atoms with Crippen molar-refractivity contribution in [2.24, 2.45) is 0 Å². The Hall–Kier alpha value is -1.35. The van der Waals surface area contributed by atoms with Crippen molar-refractivity contribution in [2.75, 3.05) is 7.05 Å². The summed E-state index contributed by atoms with van der Waals surface area (Å²) in [6, 6.07) is 8.84. The third-order valence-electron chi connectivity index (χ3n) is 3.84. The maximum atomic E-state index is 12.6. The van der Waals surface area contributed by atoms with Crippen LogP contribution in [0.3, 0.4) is 0 Å². The minimum Gasteiger partial charge on any atom is -0.334 e. The van der Waals surface area contributed by atoms with Crippen LogP contribution in [-0.4, -0.2) is 29.4 Å². The lowest BCUT2D eigenvalue weighted by atomic mass is 10.0. The van der Waals surface area contributed by atoms with Gasteiger partial charge >= 0.3 is 0 Å². The molecule has 0 heterocycles. The first kappa shape index (κ1) is 14.1. The number of nitrogens with zero attached hydrogens (tertiary/aromatic N) is 1. The van der Waals surface area contributed by atoms with Crippen molar-refractivity contribution in [2.45, 2.75) is 51.7 Å². The molecule has 0 unspecified atom stereocenters. The predicted molar refractivity (Wildman–Crippen MR) is 77.9 cm³/mol. The fourth-order valence-corrected chi connectivity index (χ4v) is 2.23. The monoisotopic (exact) mass is 260 g/mol. The van der Waals surface area contributed by atoms with Gasteiger partial charge in [0, 0.05) is 12.6 Å². The molecule has 0 atom stereocenters. The third-order valence-corrected chi connectivity index (χ3v) is 3.84. The van der Waals surface area contributed by atoms with Gasteiger partial charge in [0.25, 0.3) is 0 Å². The van der Waals surface area contributed by atoms with E-state index in [0.29, 0.717) is 6.04 Å². The van der Waals surface area contributed by atoms with Crippen molar-refractivity contribution < 1.29 is 4.79 Å². The molecule has 1 aromatic carbocycles. The smallest absolute Gasteiger partial charge is 0.242 e. The summed E-state index contributed by atoms with van der Waals surface area (Å²) in [6.07, 6.45) is 2.27. The Bertz CT molecular complexity index is 464. The van der Waals surface area contributed by atoms with Gasteiger partial charge in [-0.05, 0) is 46.2 Å². The number of hydrogen-bond acceptors (Lipinski definition) is 2. The molecule has 2 rings (SSSR count). The Kier molecular flexibility index (Phi) is 3.95. The van der Waals surface area contributed by atoms with E-state index >= 15 is 0 Å². The average Bonchev–Trinajstić information content (AvgIpc) is 3.19. The van der Waals surface area contributed by atoms with Crippen molar-refractivity contribution in [3.05, 3.63) is 35.4 Å². The van der Waals surface area contributed by atoms with Crippen molar-refractivity contribution in [3.8, 4) is 0 Å². The zero-order valence-corrected chi connectivity index (χ0v) is 12.4. The number of likely N-dealkylation sites (N-methyl/N-ethyl adjacent to an activating group) is 1. The molecule has 19 heavy (non-hydrogen) atoms. The number of amides is 1. The highest BCUT2D eigenvalue weighted by atomic mass is 16.2. The van der Waals surface area contributed by atoms with E-state index < -0.39 is 5.54 Å². The second-order valence-electron chi connectivity index (χ2n) is 6.03. The summed E-state index contributed by atoms with van der Waals surface area (Å²) in [7, 11) is 1.84. The molecular weight excluding hydrogens is 236 g/mol. The summed E-state index contributed by atoms with van der Waals surface area (Å²) in [4.78, 5) is 14.7. The lowest BCUT2D eigenvalue weighted by Gasteiger charge is -2.32. The number of hydrogen-bond donors (Lipinski definition) is 1. The Morgan fingerprint density at radius 3 is 2.63 bits per heavy atom. The van der Waals surface area contributed by atoms with Gasteiger partial charge < -0.3 is 10.2 Å². The SMILES string of the molecule is CNC(C)(C)C(=O)N(Cc1cccc(C)c1)C1CC1. The van der Waals surface area contributed by atoms with Gasteiger partial charge in [0.1, 0.15) is 0 Å². The minimum absolute atomic E-state index is 0.194. The molecule has 104 valence electrons. The molecule has 3 nitrogen and oxygen atoms in total. The number of rotatable bonds is 5. The van der Waals surface area contributed by atoms with E-state index in [4.69, 9.17) is 0 Å². The molecule has 3 heteroatoms. The predicted octanol–water partition coefficient (Wildman–Crippen LogP) is 2.48. The van der Waals surface area contributed by atoms with Crippen molar-refractivity contribution >= 4 is 5.91 Å². The molecule has 1 saturated carbocycles. The fourth-order valence-electron chi connectivity index (χ4n) is 2.23. The van der Waals surface area contributed by atoms with Gasteiger partial charge in [-0.3, -0.25) is 4.79 Å². The zero-order chi connectivity index (χ0) is 14.0. The zero-order valence-electron chi connectivity index (χ0n) is 12.4. The molecule has 0 spiro atoms. The molecule has 0 aromatic heterocycles. The lowest BCUT2D eigenvalue weighted by molar-refractivity contribution is -0.138. The topological polar surface area (TPSA) is 32.3 Å². The van der Waals surface area contributed by atoms with Gasteiger partial charge in [0.15, 0.2) is 0 Å². The highest BCUT2D eigenvalue weighted by Crippen LogP contribution is 2.30. The maximum Gasteiger partial charge on any atom is 0.242 e. The van der Waals surface area contributed by atoms with Crippen LogP contribution in [0.5, 0.6) is 0 Å². The van der Waals surface area contributed by atoms with E-state index in [-0.39, 0.29) is 5.91 Å². The van der Waals surface area contributed by atoms with E-state index in [1.807, 2.05) is 25.8 Å². The average molecular weight is 260 g/mol. The quantitative estimate of drug-likeness (QED) is 0.882. The second-order valence-corrected chi connectivity index (χ2v) is 6.03. The Morgan fingerprint density at radius 1 is 1.42 bits per heavy atom. The molecule has 1 aliphatic rings. The van der Waals surface area contributed by atoms with Crippen LogP contribution in [0.1, 0.15) is 37.8 Å². The Morgan fingerprint density at radius 2 is 2.11 bits per heavy atom. The Labute approximate surface area is 116 Å². The molecule has 0 bridgehead atoms. The van der Waals surface area contributed by atoms with Gasteiger partial charge in [0.2, 0.25) is 5.91 Å². The van der Waals surface area contributed by atoms with E-state index in [0.717, 1.165) is 19.4 Å². The van der Waals surface area contributed by atoms with Gasteiger partial charge in [-0.15, -0.1) is 0 Å². The fraction of sp³-hybridized carbons (Fsp3) is 0.562. The van der Waals surface area contributed by atoms with E-state index in [1.165, 1.54) is 11.1 Å². The van der Waals surface area contributed by atoms with Crippen LogP contribution in [0.2, 0.25) is 0 Å². The van der Waals surface area contributed by atoms with Crippen molar-refractivity contribution in [1.82, 2.24) is 10.2 Å². The molecule has 1 aliphatic carbocycles. The highest BCUT2D eigenvalue weighted by molar-refractivity contribution is 5.86. The number of carbonyl (C=O) groups is 1. The van der Waals surface area contributed by atoms with Crippen molar-refractivity contribution in [3.63, 3.8) is 0 Å². The third kappa shape index (κ3) is 3.35. The first-order chi connectivity index (χ1) is 8.94. The van der Waals surface area contributed by atoms with E-state index in [1.54, 1.807) is 0 Å². The highest BCUT2D eigenvalue weighted by Gasteiger charge is 2.38. The van der Waals surface area contributed by atoms with Crippen LogP contribution in [0, 0.1) is 6.92 Å². The van der Waals surface area contributed by atoms with Crippen LogP contribution >= 0.6 is 0 Å². The Balaban J connectivity index is 2.15. The molecule has 1 aromatic rings. The van der Waals surface area contributed by atoms with Gasteiger partial charge in [-0.2, -0.15) is 0 Å². The normalized spacial score (nSPS) is 15.4. The van der Waals surface area contributed by atoms with Crippen LogP contribution < -0.4 is 5.32 Å². The molecule has 1 N–H and O–H groups in total. The summed E-state index contributed by atoms with van der Waals surface area (Å²) >= 11 is 0. The first-order valence-corrected chi connectivity index (χ1v) is 6.99. The summed E-state index contributed by atoms with van der Waals surface area (Å²) in [6.45, 7) is 6.70. The summed E-state index contributed by atoms with van der Waals surface area (Å²) in [5.41, 5.74) is 1.97. The van der Waals surface area contributed by atoms with Crippen LogP contribution in [0.25, 0.3) is 0 Å². The van der Waals surface area contributed by atoms with Gasteiger partial charge in [-0.1, -0.05) is 29.8 Å². The van der Waals surface area contributed by atoms with Crippen LogP contribution in [-0.2, 0) is 11.3 Å². The second kappa shape index (κ2) is 5.33. The number of carbonyl (C=O) groups excluding carboxylic acids is 1. The largest absolute Gasteiger partial charge is 0.334 e. The van der Waals surface area contributed by atoms with Crippen LogP contribution in [0.4, 0.5) is 0 Å². The van der Waals surface area contributed by atoms with E-state index in [2.05, 4.69) is 36.5 Å². The van der Waals surface area contributed by atoms with Crippen LogP contribution in [0.15, 0.2) is 24.3 Å². The molecule has 0 radical (unpaired) electrons. The molecule has 1 amide bonds. The minimum atomic E-state index is -0.494. The van der Waals surface area contributed by atoms with Crippen molar-refractivity contribution in [1.29, 1.82) is 0 Å². The van der Waals surface area contributed by atoms with Gasteiger partial charge in [0.05, 0.1) is 5.54 Å². The lowest BCUT2D eigenvalue weighted by Crippen LogP contribution is -2.53. The molecule has 1 fully saturated rings. The van der Waals surface area contributed by atoms with Gasteiger partial charge in [-0.25, -0.2) is 0 Å². The summed E-state index contributed by atoms with van der Waals surface area (Å²) in [5, 5.41) is 3.11. The molecule has 0 aliphatic heterocycles. The van der Waals surface area contributed by atoms with E-state index in [9.17, 15) is 4.79 Å². The first-order valence-electron chi connectivity index (χ1n) is 6.99.